The molecule has 1 unspecified atom stereocenters. The Hall–Kier alpha value is -0.740. The molecule has 0 amide bonds. The molecule has 0 heterocycles. The molecule has 0 aliphatic rings. The van der Waals surface area contributed by atoms with Crippen LogP contribution in [-0.4, -0.2) is 29.9 Å². The quantitative estimate of drug-likeness (QED) is 0.403. The summed E-state index contributed by atoms with van der Waals surface area (Å²) in [6.45, 7) is 2.42. The predicted octanol–water partition coefficient (Wildman–Crippen LogP) is -0.538. The number of hydrogen-bond donors (Lipinski definition) is 2. The number of rotatable bonds is 6. The van der Waals surface area contributed by atoms with Crippen LogP contribution in [0.4, 0.5) is 0 Å². The largest absolute Gasteiger partial charge is 0.369 e. The summed E-state index contributed by atoms with van der Waals surface area (Å²) >= 11 is 0. The molecule has 0 spiro atoms. The average Bonchev–Trinajstić information content (AvgIpc) is 2.02. The molecular weight excluding hydrogens is 146 g/mol. The second-order valence-corrected chi connectivity index (χ2v) is 2.34. The second-order valence-electron chi connectivity index (χ2n) is 2.34. The molecule has 0 rings (SSSR count). The lowest BCUT2D eigenvalue weighted by atomic mass is 10.2. The van der Waals surface area contributed by atoms with Gasteiger partial charge in [-0.3, -0.25) is 10.1 Å². The maximum absolute atomic E-state index is 10.3. The lowest BCUT2D eigenvalue weighted by Gasteiger charge is -2.19. The molecule has 0 aromatic carbocycles. The highest BCUT2D eigenvalue weighted by atomic mass is 16.3. The Kier molecular flexibility index (Phi) is 4.65. The van der Waals surface area contributed by atoms with Gasteiger partial charge in [-0.2, -0.15) is 0 Å². The van der Waals surface area contributed by atoms with Crippen LogP contribution in [0.1, 0.15) is 19.8 Å². The van der Waals surface area contributed by atoms with Crippen LogP contribution in [0.15, 0.2) is 0 Å². The first-order chi connectivity index (χ1) is 5.18. The average molecular weight is 159 g/mol. The molecule has 11 heavy (non-hydrogen) atoms. The van der Waals surface area contributed by atoms with Crippen molar-refractivity contribution in [3.8, 4) is 0 Å². The molecule has 4 nitrogen and oxygen atoms in total. The van der Waals surface area contributed by atoms with Gasteiger partial charge in [0, 0.05) is 0 Å². The lowest BCUT2D eigenvalue weighted by Crippen LogP contribution is -2.47. The van der Waals surface area contributed by atoms with Crippen LogP contribution in [0.25, 0.3) is 0 Å². The Morgan fingerprint density at radius 3 is 2.55 bits per heavy atom. The van der Waals surface area contributed by atoms with Gasteiger partial charge in [0.25, 0.3) is 0 Å². The molecule has 0 fully saturated rings. The number of carbonyl (C=O) groups is 2. The molecule has 0 radical (unpaired) electrons. The third-order valence-electron chi connectivity index (χ3n) is 1.27. The van der Waals surface area contributed by atoms with E-state index < -0.39 is 5.72 Å². The van der Waals surface area contributed by atoms with Gasteiger partial charge in [-0.25, -0.2) is 0 Å². The zero-order valence-electron chi connectivity index (χ0n) is 6.54. The van der Waals surface area contributed by atoms with Gasteiger partial charge in [-0.15, -0.1) is 0 Å². The topological polar surface area (TPSA) is 66.4 Å². The molecule has 0 aliphatic heterocycles. The normalized spacial score (nSPS) is 15.5. The van der Waals surface area contributed by atoms with E-state index in [0.717, 1.165) is 6.42 Å². The van der Waals surface area contributed by atoms with Gasteiger partial charge < -0.3 is 9.90 Å². The number of aliphatic hydroxyl groups is 1. The van der Waals surface area contributed by atoms with E-state index in [1.165, 1.54) is 0 Å². The Labute approximate surface area is 65.6 Å². The molecule has 0 aromatic rings. The minimum Gasteiger partial charge on any atom is -0.369 e. The fourth-order valence-electron chi connectivity index (χ4n) is 0.630. The summed E-state index contributed by atoms with van der Waals surface area (Å²) in [6.07, 6.45) is 1.46. The van der Waals surface area contributed by atoms with Crippen LogP contribution < -0.4 is 5.32 Å². The van der Waals surface area contributed by atoms with Crippen LogP contribution in [0, 0.1) is 0 Å². The van der Waals surface area contributed by atoms with E-state index in [1.807, 2.05) is 6.92 Å². The highest BCUT2D eigenvalue weighted by molar-refractivity contribution is 5.68. The number of hydrogen-bond acceptors (Lipinski definition) is 4. The predicted molar refractivity (Wildman–Crippen MR) is 40.0 cm³/mol. The van der Waals surface area contributed by atoms with Crippen LogP contribution in [0.2, 0.25) is 0 Å². The van der Waals surface area contributed by atoms with Crippen LogP contribution in [0.5, 0.6) is 0 Å². The van der Waals surface area contributed by atoms with Crippen LogP contribution in [-0.2, 0) is 9.59 Å². The van der Waals surface area contributed by atoms with Crippen molar-refractivity contribution < 1.29 is 14.7 Å². The molecule has 2 N–H and O–H groups in total. The molecule has 0 aliphatic carbocycles. The number of aldehydes is 2. The van der Waals surface area contributed by atoms with Crippen molar-refractivity contribution in [1.29, 1.82) is 0 Å². The minimum absolute atomic E-state index is 0.198. The molecule has 0 bridgehead atoms. The summed E-state index contributed by atoms with van der Waals surface area (Å²) in [4.78, 5) is 20.2. The van der Waals surface area contributed by atoms with Crippen LogP contribution >= 0.6 is 0 Å². The maximum Gasteiger partial charge on any atom is 0.179 e. The first kappa shape index (κ1) is 10.3. The highest BCUT2D eigenvalue weighted by Crippen LogP contribution is 1.98. The lowest BCUT2D eigenvalue weighted by molar-refractivity contribution is -0.132. The molecule has 4 heteroatoms. The van der Waals surface area contributed by atoms with Crippen molar-refractivity contribution in [2.75, 3.05) is 6.54 Å². The van der Waals surface area contributed by atoms with Gasteiger partial charge in [-0.05, 0) is 13.0 Å². The fourth-order valence-corrected chi connectivity index (χ4v) is 0.630. The number of nitrogens with one attached hydrogen (secondary N) is 1. The summed E-state index contributed by atoms with van der Waals surface area (Å²) in [7, 11) is 0. The molecule has 0 saturated carbocycles. The SMILES string of the molecule is CCCNC(O)(C=O)CC=O. The fraction of sp³-hybridized carbons (Fsp3) is 0.714. The van der Waals surface area contributed by atoms with Gasteiger partial charge in [0.1, 0.15) is 6.29 Å². The minimum atomic E-state index is -1.65. The summed E-state index contributed by atoms with van der Waals surface area (Å²) in [5, 5.41) is 11.8. The third-order valence-corrected chi connectivity index (χ3v) is 1.27. The van der Waals surface area contributed by atoms with E-state index in [9.17, 15) is 14.7 Å². The molecule has 1 atom stereocenters. The maximum atomic E-state index is 10.3. The van der Waals surface area contributed by atoms with E-state index in [-0.39, 0.29) is 6.42 Å². The van der Waals surface area contributed by atoms with Gasteiger partial charge in [0.15, 0.2) is 12.0 Å². The van der Waals surface area contributed by atoms with E-state index in [0.29, 0.717) is 19.1 Å². The monoisotopic (exact) mass is 159 g/mol. The zero-order valence-corrected chi connectivity index (χ0v) is 6.54. The molecule has 0 aromatic heterocycles. The summed E-state index contributed by atoms with van der Waals surface area (Å²) < 4.78 is 0. The summed E-state index contributed by atoms with van der Waals surface area (Å²) in [6, 6.07) is 0. The highest BCUT2D eigenvalue weighted by Gasteiger charge is 2.23. The summed E-state index contributed by atoms with van der Waals surface area (Å²) in [5.41, 5.74) is -1.65. The third kappa shape index (κ3) is 3.85. The van der Waals surface area contributed by atoms with Crippen molar-refractivity contribution >= 4 is 12.6 Å². The van der Waals surface area contributed by atoms with E-state index >= 15 is 0 Å². The first-order valence-corrected chi connectivity index (χ1v) is 3.56. The van der Waals surface area contributed by atoms with E-state index in [1.54, 1.807) is 0 Å². The Morgan fingerprint density at radius 2 is 2.18 bits per heavy atom. The van der Waals surface area contributed by atoms with Crippen molar-refractivity contribution in [3.05, 3.63) is 0 Å². The molecular formula is C7H13NO3. The van der Waals surface area contributed by atoms with E-state index in [4.69, 9.17) is 0 Å². The molecule has 64 valence electrons. The van der Waals surface area contributed by atoms with Gasteiger partial charge in [-0.1, -0.05) is 6.92 Å². The van der Waals surface area contributed by atoms with Crippen molar-refractivity contribution in [1.82, 2.24) is 5.32 Å². The molecule has 0 saturated heterocycles. The van der Waals surface area contributed by atoms with Gasteiger partial charge in [0.2, 0.25) is 0 Å². The summed E-state index contributed by atoms with van der Waals surface area (Å²) in [5.74, 6) is 0. The first-order valence-electron chi connectivity index (χ1n) is 3.56. The van der Waals surface area contributed by atoms with Crippen LogP contribution in [0.3, 0.4) is 0 Å². The second kappa shape index (κ2) is 4.98. The van der Waals surface area contributed by atoms with Gasteiger partial charge in [0.05, 0.1) is 6.42 Å². The smallest absolute Gasteiger partial charge is 0.179 e. The van der Waals surface area contributed by atoms with Gasteiger partial charge >= 0.3 is 0 Å². The van der Waals surface area contributed by atoms with Crippen molar-refractivity contribution in [2.24, 2.45) is 0 Å². The number of carbonyl (C=O) groups excluding carboxylic acids is 2. The zero-order chi connectivity index (χ0) is 8.74. The Balaban J connectivity index is 3.87. The van der Waals surface area contributed by atoms with Crippen molar-refractivity contribution in [3.63, 3.8) is 0 Å². The van der Waals surface area contributed by atoms with Crippen molar-refractivity contribution in [2.45, 2.75) is 25.5 Å². The standard InChI is InChI=1S/C7H13NO3/c1-2-4-8-7(11,6-10)3-5-9/h5-6,8,11H,2-4H2,1H3. The Bertz CT molecular complexity index is 138. The van der Waals surface area contributed by atoms with E-state index in [2.05, 4.69) is 5.32 Å². The Morgan fingerprint density at radius 1 is 1.55 bits per heavy atom.